The Kier molecular flexibility index (Phi) is 5.20. The molecule has 0 aliphatic carbocycles. The number of esters is 1. The van der Waals surface area contributed by atoms with E-state index in [1.54, 1.807) is 24.3 Å². The van der Waals surface area contributed by atoms with Crippen LogP contribution in [-0.4, -0.2) is 24.0 Å². The first-order chi connectivity index (χ1) is 16.4. The van der Waals surface area contributed by atoms with Crippen molar-refractivity contribution in [2.24, 2.45) is 0 Å². The van der Waals surface area contributed by atoms with E-state index in [2.05, 4.69) is 4.98 Å². The summed E-state index contributed by atoms with van der Waals surface area (Å²) in [7, 11) is 1.52. The maximum atomic E-state index is 14.2. The molecule has 6 nitrogen and oxygen atoms in total. The van der Waals surface area contributed by atoms with Crippen molar-refractivity contribution in [2.75, 3.05) is 12.0 Å². The molecule has 0 radical (unpaired) electrons. The highest BCUT2D eigenvalue weighted by Crippen LogP contribution is 2.45. The van der Waals surface area contributed by atoms with E-state index in [1.807, 2.05) is 0 Å². The zero-order valence-corrected chi connectivity index (χ0v) is 18.2. The lowest BCUT2D eigenvalue weighted by molar-refractivity contribution is -0.146. The molecule has 1 aliphatic heterocycles. The average Bonchev–Trinajstić information content (AvgIpc) is 3.11. The first-order valence-corrected chi connectivity index (χ1v) is 10.4. The first kappa shape index (κ1) is 21.5. The number of rotatable bonds is 4. The maximum Gasteiger partial charge on any atom is 0.304 e. The van der Waals surface area contributed by atoms with Crippen molar-refractivity contribution in [1.29, 1.82) is 0 Å². The van der Waals surface area contributed by atoms with Crippen LogP contribution in [0.4, 0.5) is 14.5 Å². The number of hydrogen-bond donors (Lipinski definition) is 0. The number of methoxy groups -OCH3 is 1. The van der Waals surface area contributed by atoms with Crippen LogP contribution >= 0.6 is 0 Å². The number of benzene rings is 3. The molecule has 1 unspecified atom stereocenters. The highest BCUT2D eigenvalue weighted by atomic mass is 19.1. The van der Waals surface area contributed by atoms with Crippen molar-refractivity contribution in [3.63, 3.8) is 0 Å². The number of halogens is 2. The van der Waals surface area contributed by atoms with Gasteiger partial charge < -0.3 is 9.47 Å². The fourth-order valence-electron chi connectivity index (χ4n) is 4.17. The quantitative estimate of drug-likeness (QED) is 0.381. The van der Waals surface area contributed by atoms with Gasteiger partial charge in [-0.1, -0.05) is 0 Å². The Morgan fingerprint density at radius 3 is 2.29 bits per heavy atom. The van der Waals surface area contributed by atoms with Gasteiger partial charge in [0.25, 0.3) is 5.91 Å². The number of carbonyl (C=O) groups is 2. The number of aromatic nitrogens is 1. The minimum absolute atomic E-state index is 0.172. The van der Waals surface area contributed by atoms with Gasteiger partial charge in [0.15, 0.2) is 0 Å². The molecule has 5 rings (SSSR count). The summed E-state index contributed by atoms with van der Waals surface area (Å²) >= 11 is 0. The highest BCUT2D eigenvalue weighted by molar-refractivity contribution is 6.19. The molecule has 34 heavy (non-hydrogen) atoms. The van der Waals surface area contributed by atoms with Crippen LogP contribution in [0.5, 0.6) is 5.75 Å². The van der Waals surface area contributed by atoms with Crippen molar-refractivity contribution in [2.45, 2.75) is 13.2 Å². The van der Waals surface area contributed by atoms with Gasteiger partial charge in [-0.25, -0.2) is 13.8 Å². The smallest absolute Gasteiger partial charge is 0.304 e. The van der Waals surface area contributed by atoms with Gasteiger partial charge in [-0.15, -0.1) is 0 Å². The zero-order chi connectivity index (χ0) is 24.0. The number of ether oxygens (including phenoxy) is 2. The molecule has 1 aromatic heterocycles. The number of anilines is 1. The van der Waals surface area contributed by atoms with Gasteiger partial charge in [0.2, 0.25) is 6.23 Å². The van der Waals surface area contributed by atoms with E-state index in [0.29, 0.717) is 39.2 Å². The van der Waals surface area contributed by atoms with Crippen LogP contribution in [0.15, 0.2) is 66.7 Å². The van der Waals surface area contributed by atoms with E-state index in [-0.39, 0.29) is 5.56 Å². The van der Waals surface area contributed by atoms with Crippen LogP contribution in [0.25, 0.3) is 22.2 Å². The van der Waals surface area contributed by atoms with Crippen LogP contribution in [0.1, 0.15) is 29.1 Å². The van der Waals surface area contributed by atoms with E-state index in [9.17, 15) is 18.4 Å². The van der Waals surface area contributed by atoms with E-state index >= 15 is 0 Å². The number of hydrogen-bond acceptors (Lipinski definition) is 5. The number of carbonyl (C=O) groups excluding carboxylic acids is 2. The number of fused-ring (bicyclic) bond motifs is 3. The highest BCUT2D eigenvalue weighted by Gasteiger charge is 2.44. The summed E-state index contributed by atoms with van der Waals surface area (Å²) in [6.07, 6.45) is -1.16. The van der Waals surface area contributed by atoms with Gasteiger partial charge in [0.1, 0.15) is 17.4 Å². The molecule has 0 N–H and O–H groups in total. The Morgan fingerprint density at radius 2 is 1.65 bits per heavy atom. The molecule has 0 saturated heterocycles. The van der Waals surface area contributed by atoms with E-state index in [0.717, 1.165) is 0 Å². The molecule has 2 heterocycles. The van der Waals surface area contributed by atoms with Crippen molar-refractivity contribution in [3.05, 3.63) is 89.5 Å². The molecule has 3 aromatic carbocycles. The maximum absolute atomic E-state index is 14.2. The lowest BCUT2D eigenvalue weighted by Crippen LogP contribution is -2.30. The van der Waals surface area contributed by atoms with Crippen molar-refractivity contribution >= 4 is 28.5 Å². The fraction of sp³-hybridized carbons (Fsp3) is 0.115. The second kappa shape index (κ2) is 8.22. The molecule has 0 fully saturated rings. The lowest BCUT2D eigenvalue weighted by atomic mass is 9.97. The largest absolute Gasteiger partial charge is 0.497 e. The summed E-state index contributed by atoms with van der Waals surface area (Å²) in [5.41, 5.74) is 2.16. The van der Waals surface area contributed by atoms with Crippen LogP contribution in [-0.2, 0) is 9.53 Å². The van der Waals surface area contributed by atoms with Crippen LogP contribution < -0.4 is 9.64 Å². The Bertz CT molecular complexity index is 1440. The molecule has 170 valence electrons. The summed E-state index contributed by atoms with van der Waals surface area (Å²) in [6, 6.07) is 16.2. The third-order valence-electron chi connectivity index (χ3n) is 5.64. The van der Waals surface area contributed by atoms with E-state index < -0.39 is 29.7 Å². The van der Waals surface area contributed by atoms with Gasteiger partial charge >= 0.3 is 5.97 Å². The average molecular weight is 460 g/mol. The molecular formula is C26H18F2N2O4. The number of pyridine rings is 1. The van der Waals surface area contributed by atoms with E-state index in [4.69, 9.17) is 9.47 Å². The topological polar surface area (TPSA) is 68.7 Å². The third kappa shape index (κ3) is 3.53. The monoisotopic (exact) mass is 460 g/mol. The predicted octanol–water partition coefficient (Wildman–Crippen LogP) is 5.41. The van der Waals surface area contributed by atoms with Crippen LogP contribution in [0, 0.1) is 11.6 Å². The van der Waals surface area contributed by atoms with Gasteiger partial charge in [0.05, 0.1) is 29.4 Å². The molecule has 8 heteroatoms. The van der Waals surface area contributed by atoms with Crippen LogP contribution in [0.2, 0.25) is 0 Å². The van der Waals surface area contributed by atoms with Gasteiger partial charge in [-0.05, 0) is 66.7 Å². The lowest BCUT2D eigenvalue weighted by Gasteiger charge is -2.25. The summed E-state index contributed by atoms with van der Waals surface area (Å²) in [4.78, 5) is 31.9. The molecule has 0 bridgehead atoms. The summed E-state index contributed by atoms with van der Waals surface area (Å²) in [5, 5.41) is 0.291. The molecule has 1 amide bonds. The predicted molar refractivity (Wildman–Crippen MR) is 121 cm³/mol. The molecular weight excluding hydrogens is 442 g/mol. The molecule has 1 aliphatic rings. The fourth-order valence-corrected chi connectivity index (χ4v) is 4.17. The van der Waals surface area contributed by atoms with Crippen molar-refractivity contribution < 1.29 is 27.8 Å². The van der Waals surface area contributed by atoms with Gasteiger partial charge in [-0.2, -0.15) is 0 Å². The molecule has 1 atom stereocenters. The Labute approximate surface area is 193 Å². The minimum Gasteiger partial charge on any atom is -0.497 e. The normalized spacial score (nSPS) is 14.9. The van der Waals surface area contributed by atoms with E-state index in [1.165, 1.54) is 61.4 Å². The molecule has 4 aromatic rings. The third-order valence-corrected chi connectivity index (χ3v) is 5.64. The molecule has 0 spiro atoms. The second-order valence-corrected chi connectivity index (χ2v) is 7.75. The number of amides is 1. The van der Waals surface area contributed by atoms with Gasteiger partial charge in [0, 0.05) is 23.6 Å². The zero-order valence-electron chi connectivity index (χ0n) is 18.2. The van der Waals surface area contributed by atoms with Crippen molar-refractivity contribution in [1.82, 2.24) is 4.98 Å². The first-order valence-electron chi connectivity index (χ1n) is 10.4. The SMILES string of the molecule is COc1ccc(N2C(=O)c3c(c(-c4ccc(F)cc4)nc4ccc(F)cc34)C2OC(C)=O)cc1. The standard InChI is InChI=1S/C26H18F2N2O4/c1-14(31)34-26-23-22(25(32)30(26)18-8-10-19(33-2)11-9-18)20-13-17(28)7-12-21(20)29-24(23)15-3-5-16(27)6-4-15/h3-13,26H,1-2H3. The summed E-state index contributed by atoms with van der Waals surface area (Å²) < 4.78 is 38.7. The van der Waals surface area contributed by atoms with Crippen LogP contribution in [0.3, 0.4) is 0 Å². The Hall–Kier alpha value is -4.33. The Morgan fingerprint density at radius 1 is 0.971 bits per heavy atom. The molecule has 0 saturated carbocycles. The Balaban J connectivity index is 1.81. The van der Waals surface area contributed by atoms with Gasteiger partial charge in [-0.3, -0.25) is 14.5 Å². The summed E-state index contributed by atoms with van der Waals surface area (Å²) in [6.45, 7) is 1.24. The second-order valence-electron chi connectivity index (χ2n) is 7.75. The minimum atomic E-state index is -1.16. The number of nitrogens with zero attached hydrogens (tertiary/aromatic N) is 2. The van der Waals surface area contributed by atoms with Crippen molar-refractivity contribution in [3.8, 4) is 17.0 Å². The summed E-state index contributed by atoms with van der Waals surface area (Å²) in [5.74, 6) is -1.49.